The van der Waals surface area contributed by atoms with E-state index in [0.717, 1.165) is 12.4 Å². The lowest BCUT2D eigenvalue weighted by Crippen LogP contribution is -2.31. The van der Waals surface area contributed by atoms with Crippen molar-refractivity contribution in [3.8, 4) is 0 Å². The first kappa shape index (κ1) is 7.65. The predicted molar refractivity (Wildman–Crippen MR) is 50.0 cm³/mol. The number of hydrogen-bond acceptors (Lipinski definition) is 3. The molecule has 2 heterocycles. The molecule has 0 bridgehead atoms. The van der Waals surface area contributed by atoms with E-state index in [9.17, 15) is 0 Å². The fourth-order valence-electron chi connectivity index (χ4n) is 1.67. The zero-order valence-corrected chi connectivity index (χ0v) is 7.53. The third-order valence-corrected chi connectivity index (χ3v) is 2.34. The molecule has 2 rings (SSSR count). The molecule has 0 aromatic carbocycles. The summed E-state index contributed by atoms with van der Waals surface area (Å²) in [6.45, 7) is 3.30. The normalized spacial score (nSPS) is 23.2. The van der Waals surface area contributed by atoms with E-state index in [4.69, 9.17) is 0 Å². The summed E-state index contributed by atoms with van der Waals surface area (Å²) in [5.74, 6) is 1.14. The molecule has 1 saturated heterocycles. The van der Waals surface area contributed by atoms with Crippen molar-refractivity contribution in [2.45, 2.75) is 12.8 Å². The zero-order valence-electron chi connectivity index (χ0n) is 7.53. The number of likely N-dealkylation sites (N-methyl/N-ethyl adjacent to an activating group) is 1. The summed E-state index contributed by atoms with van der Waals surface area (Å²) in [6.07, 6.45) is 6.93. The average Bonchev–Trinajstić information content (AvgIpc) is 2.56. The van der Waals surface area contributed by atoms with E-state index < -0.39 is 0 Å². The van der Waals surface area contributed by atoms with Crippen LogP contribution in [0.4, 0.5) is 0 Å². The van der Waals surface area contributed by atoms with Gasteiger partial charge in [0, 0.05) is 20.1 Å². The molecule has 1 fully saturated rings. The highest BCUT2D eigenvalue weighted by molar-refractivity contribution is 5.93. The van der Waals surface area contributed by atoms with Crippen LogP contribution in [-0.2, 0) is 0 Å². The second-order valence-electron chi connectivity index (χ2n) is 3.39. The first-order valence-electron chi connectivity index (χ1n) is 4.57. The van der Waals surface area contributed by atoms with Gasteiger partial charge in [-0.2, -0.15) is 5.10 Å². The topological polar surface area (TPSA) is 18.8 Å². The van der Waals surface area contributed by atoms with E-state index in [1.165, 1.54) is 25.9 Å². The van der Waals surface area contributed by atoms with Gasteiger partial charge >= 0.3 is 0 Å². The summed E-state index contributed by atoms with van der Waals surface area (Å²) in [7, 11) is 2.01. The minimum atomic E-state index is 0.942. The molecule has 0 saturated carbocycles. The van der Waals surface area contributed by atoms with Gasteiger partial charge in [0.15, 0.2) is 0 Å². The number of amidine groups is 1. The summed E-state index contributed by atoms with van der Waals surface area (Å²) < 4.78 is 0. The number of rotatable bonds is 0. The van der Waals surface area contributed by atoms with Crippen molar-refractivity contribution in [1.29, 1.82) is 0 Å². The Morgan fingerprint density at radius 1 is 1.33 bits per heavy atom. The summed E-state index contributed by atoms with van der Waals surface area (Å²) >= 11 is 0. The second-order valence-corrected chi connectivity index (χ2v) is 3.39. The van der Waals surface area contributed by atoms with Gasteiger partial charge in [-0.05, 0) is 18.9 Å². The predicted octanol–water partition coefficient (Wildman–Crippen LogP) is 0.897. The Labute approximate surface area is 73.3 Å². The van der Waals surface area contributed by atoms with E-state index in [1.54, 1.807) is 0 Å². The molecule has 3 heteroatoms. The van der Waals surface area contributed by atoms with E-state index in [0.29, 0.717) is 0 Å². The van der Waals surface area contributed by atoms with E-state index in [2.05, 4.69) is 22.2 Å². The fourth-order valence-corrected chi connectivity index (χ4v) is 1.67. The molecule has 0 radical (unpaired) electrons. The third-order valence-electron chi connectivity index (χ3n) is 2.34. The van der Waals surface area contributed by atoms with Crippen molar-refractivity contribution in [3.63, 3.8) is 0 Å². The molecule has 3 nitrogen and oxygen atoms in total. The zero-order chi connectivity index (χ0) is 8.39. The Morgan fingerprint density at radius 3 is 2.75 bits per heavy atom. The minimum absolute atomic E-state index is 0.942. The van der Waals surface area contributed by atoms with Crippen molar-refractivity contribution >= 4 is 5.84 Å². The van der Waals surface area contributed by atoms with Gasteiger partial charge in [0.25, 0.3) is 0 Å². The summed E-state index contributed by atoms with van der Waals surface area (Å²) in [6, 6.07) is 0. The third kappa shape index (κ3) is 1.44. The van der Waals surface area contributed by atoms with Crippen LogP contribution < -0.4 is 0 Å². The molecule has 0 spiro atoms. The van der Waals surface area contributed by atoms with Gasteiger partial charge in [-0.1, -0.05) is 6.08 Å². The first-order chi connectivity index (χ1) is 5.86. The molecule has 12 heavy (non-hydrogen) atoms. The second kappa shape index (κ2) is 3.17. The van der Waals surface area contributed by atoms with E-state index in [1.807, 2.05) is 12.1 Å². The van der Waals surface area contributed by atoms with Gasteiger partial charge < -0.3 is 4.90 Å². The minimum Gasteiger partial charge on any atom is -0.355 e. The van der Waals surface area contributed by atoms with Crippen LogP contribution >= 0.6 is 0 Å². The Hall–Kier alpha value is -0.990. The van der Waals surface area contributed by atoms with Gasteiger partial charge in [0.2, 0.25) is 0 Å². The molecule has 0 N–H and O–H groups in total. The van der Waals surface area contributed by atoms with Crippen LogP contribution in [0.1, 0.15) is 12.8 Å². The number of hydrogen-bond donors (Lipinski definition) is 0. The molecule has 2 aliphatic heterocycles. The maximum atomic E-state index is 4.45. The lowest BCUT2D eigenvalue weighted by molar-refractivity contribution is 0.373. The fraction of sp³-hybridized carbons (Fsp3) is 0.667. The number of hydrazone groups is 1. The molecule has 0 atom stereocenters. The summed E-state index contributed by atoms with van der Waals surface area (Å²) in [4.78, 5) is 2.35. The van der Waals surface area contributed by atoms with Crippen LogP contribution in [0, 0.1) is 0 Å². The highest BCUT2D eigenvalue weighted by Crippen LogP contribution is 2.11. The molecule has 0 unspecified atom stereocenters. The molecule has 2 aliphatic rings. The van der Waals surface area contributed by atoms with Crippen molar-refractivity contribution in [3.05, 3.63) is 12.2 Å². The largest absolute Gasteiger partial charge is 0.355 e. The quantitative estimate of drug-likeness (QED) is 0.531. The van der Waals surface area contributed by atoms with Crippen molar-refractivity contribution in [2.75, 3.05) is 26.7 Å². The molecule has 0 amide bonds. The lowest BCUT2D eigenvalue weighted by atomic mass is 10.4. The molecule has 0 aliphatic carbocycles. The van der Waals surface area contributed by atoms with E-state index in [-0.39, 0.29) is 0 Å². The lowest BCUT2D eigenvalue weighted by Gasteiger charge is -2.23. The summed E-state index contributed by atoms with van der Waals surface area (Å²) in [5, 5.41) is 6.43. The smallest absolute Gasteiger partial charge is 0.148 e. The number of likely N-dealkylation sites (tertiary alicyclic amines) is 1. The maximum Gasteiger partial charge on any atom is 0.148 e. The maximum absolute atomic E-state index is 4.45. The number of nitrogens with zero attached hydrogens (tertiary/aromatic N) is 3. The molecule has 0 aromatic heterocycles. The van der Waals surface area contributed by atoms with Gasteiger partial charge in [-0.15, -0.1) is 0 Å². The van der Waals surface area contributed by atoms with Gasteiger partial charge in [0.1, 0.15) is 5.84 Å². The van der Waals surface area contributed by atoms with Crippen LogP contribution in [0.2, 0.25) is 0 Å². The molecule has 0 aromatic rings. The highest BCUT2D eigenvalue weighted by Gasteiger charge is 2.15. The van der Waals surface area contributed by atoms with Crippen LogP contribution in [0.3, 0.4) is 0 Å². The van der Waals surface area contributed by atoms with Gasteiger partial charge in [-0.25, -0.2) is 0 Å². The average molecular weight is 165 g/mol. The first-order valence-corrected chi connectivity index (χ1v) is 4.57. The van der Waals surface area contributed by atoms with Crippen LogP contribution in [0.15, 0.2) is 17.3 Å². The van der Waals surface area contributed by atoms with Crippen molar-refractivity contribution < 1.29 is 0 Å². The van der Waals surface area contributed by atoms with Crippen molar-refractivity contribution in [1.82, 2.24) is 9.91 Å². The van der Waals surface area contributed by atoms with Gasteiger partial charge in [-0.3, -0.25) is 5.01 Å². The van der Waals surface area contributed by atoms with Crippen LogP contribution in [0.25, 0.3) is 0 Å². The molecular formula is C9H15N3. The Kier molecular flexibility index (Phi) is 2.02. The highest BCUT2D eigenvalue weighted by atomic mass is 15.5. The summed E-state index contributed by atoms with van der Waals surface area (Å²) in [5.41, 5.74) is 0. The molecular weight excluding hydrogens is 150 g/mol. The molecule has 66 valence electrons. The Balaban J connectivity index is 2.06. The monoisotopic (exact) mass is 165 g/mol. The van der Waals surface area contributed by atoms with E-state index >= 15 is 0 Å². The van der Waals surface area contributed by atoms with Gasteiger partial charge in [0.05, 0.1) is 6.54 Å². The standard InChI is InChI=1S/C9H15N3/c1-11-6-4-5-9(10-11)12-7-2-3-8-12/h4-5H,2-3,6-8H2,1H3. The SMILES string of the molecule is CN1CC=CC(N2CCCC2)=N1. The Bertz CT molecular complexity index is 214. The van der Waals surface area contributed by atoms with Crippen LogP contribution in [0.5, 0.6) is 0 Å². The van der Waals surface area contributed by atoms with Crippen molar-refractivity contribution in [2.24, 2.45) is 5.10 Å². The Morgan fingerprint density at radius 2 is 2.08 bits per heavy atom. The van der Waals surface area contributed by atoms with Crippen LogP contribution in [-0.4, -0.2) is 42.4 Å².